The lowest BCUT2D eigenvalue weighted by Crippen LogP contribution is -1.49. The third-order valence-corrected chi connectivity index (χ3v) is 0.836. The number of halogens is 2. The average Bonchev–Trinajstić information content (AvgIpc) is 1.35. The Labute approximate surface area is 51.3 Å². The second-order valence-electron chi connectivity index (χ2n) is 0.902. The standard InChI is InChI=1S/C4H6BrCl/c1-2-3-4(5)6/h3H,2H2,1H3/b4-3-. The summed E-state index contributed by atoms with van der Waals surface area (Å²) in [5, 5.41) is 0. The van der Waals surface area contributed by atoms with E-state index in [1.807, 2.05) is 13.0 Å². The molecule has 0 unspecified atom stereocenters. The molecule has 0 aliphatic rings. The van der Waals surface area contributed by atoms with Gasteiger partial charge in [-0.2, -0.15) is 0 Å². The van der Waals surface area contributed by atoms with Crippen molar-refractivity contribution in [3.63, 3.8) is 0 Å². The molecular formula is C4H6BrCl. The van der Waals surface area contributed by atoms with E-state index in [9.17, 15) is 0 Å². The summed E-state index contributed by atoms with van der Waals surface area (Å²) in [6.07, 6.45) is 2.88. The second-order valence-corrected chi connectivity index (χ2v) is 2.62. The number of hydrogen-bond acceptors (Lipinski definition) is 0. The van der Waals surface area contributed by atoms with Crippen molar-refractivity contribution in [1.29, 1.82) is 0 Å². The highest BCUT2D eigenvalue weighted by Crippen LogP contribution is 2.09. The SMILES string of the molecule is CC/C=C(\Cl)Br. The van der Waals surface area contributed by atoms with Gasteiger partial charge < -0.3 is 0 Å². The highest BCUT2D eigenvalue weighted by molar-refractivity contribution is 9.12. The van der Waals surface area contributed by atoms with E-state index in [1.165, 1.54) is 0 Å². The zero-order chi connectivity index (χ0) is 4.99. The van der Waals surface area contributed by atoms with Gasteiger partial charge in [0.05, 0.1) is 3.94 Å². The maximum Gasteiger partial charge on any atom is 0.0794 e. The predicted molar refractivity (Wildman–Crippen MR) is 33.2 cm³/mol. The molecule has 36 valence electrons. The first-order valence-electron chi connectivity index (χ1n) is 1.78. The summed E-state index contributed by atoms with van der Waals surface area (Å²) < 4.78 is 0.699. The Morgan fingerprint density at radius 2 is 2.50 bits per heavy atom. The van der Waals surface area contributed by atoms with Crippen LogP contribution in [0.1, 0.15) is 13.3 Å². The van der Waals surface area contributed by atoms with Gasteiger partial charge >= 0.3 is 0 Å². The summed E-state index contributed by atoms with van der Waals surface area (Å²) in [6, 6.07) is 0. The van der Waals surface area contributed by atoms with Crippen LogP contribution in [0.3, 0.4) is 0 Å². The van der Waals surface area contributed by atoms with Crippen LogP contribution in [0.5, 0.6) is 0 Å². The van der Waals surface area contributed by atoms with E-state index in [1.54, 1.807) is 0 Å². The van der Waals surface area contributed by atoms with E-state index in [0.717, 1.165) is 6.42 Å². The molecule has 0 saturated carbocycles. The van der Waals surface area contributed by atoms with Crippen molar-refractivity contribution in [3.8, 4) is 0 Å². The minimum Gasteiger partial charge on any atom is -0.0765 e. The lowest BCUT2D eigenvalue weighted by Gasteiger charge is -1.74. The van der Waals surface area contributed by atoms with E-state index in [4.69, 9.17) is 11.6 Å². The van der Waals surface area contributed by atoms with E-state index < -0.39 is 0 Å². The van der Waals surface area contributed by atoms with E-state index in [0.29, 0.717) is 3.94 Å². The Bertz CT molecular complexity index is 54.6. The van der Waals surface area contributed by atoms with Gasteiger partial charge in [0.1, 0.15) is 0 Å². The van der Waals surface area contributed by atoms with Gasteiger partial charge in [-0.1, -0.05) is 24.6 Å². The second kappa shape index (κ2) is 3.69. The fourth-order valence-electron chi connectivity index (χ4n) is 0.154. The smallest absolute Gasteiger partial charge is 0.0765 e. The van der Waals surface area contributed by atoms with Crippen molar-refractivity contribution in [3.05, 3.63) is 10.0 Å². The summed E-state index contributed by atoms with van der Waals surface area (Å²) in [5.41, 5.74) is 0. The zero-order valence-electron chi connectivity index (χ0n) is 3.54. The molecule has 0 atom stereocenters. The minimum absolute atomic E-state index is 0.699. The van der Waals surface area contributed by atoms with Crippen molar-refractivity contribution >= 4 is 27.5 Å². The topological polar surface area (TPSA) is 0 Å². The molecular weight excluding hydrogens is 163 g/mol. The first-order valence-corrected chi connectivity index (χ1v) is 2.95. The molecule has 0 spiro atoms. The van der Waals surface area contributed by atoms with Gasteiger partial charge in [0.2, 0.25) is 0 Å². The zero-order valence-corrected chi connectivity index (χ0v) is 5.88. The quantitative estimate of drug-likeness (QED) is 0.566. The van der Waals surface area contributed by atoms with Crippen LogP contribution in [0.15, 0.2) is 10.0 Å². The number of hydrogen-bond donors (Lipinski definition) is 0. The van der Waals surface area contributed by atoms with Gasteiger partial charge in [-0.25, -0.2) is 0 Å². The third kappa shape index (κ3) is 4.51. The van der Waals surface area contributed by atoms with Gasteiger partial charge in [0.25, 0.3) is 0 Å². The van der Waals surface area contributed by atoms with Gasteiger partial charge in [-0.15, -0.1) is 0 Å². The molecule has 0 N–H and O–H groups in total. The fourth-order valence-corrected chi connectivity index (χ4v) is 0.632. The van der Waals surface area contributed by atoms with Crippen LogP contribution in [0.25, 0.3) is 0 Å². The molecule has 0 fully saturated rings. The molecule has 0 nitrogen and oxygen atoms in total. The monoisotopic (exact) mass is 168 g/mol. The Balaban J connectivity index is 3.14. The maximum atomic E-state index is 5.36. The Morgan fingerprint density at radius 1 is 2.00 bits per heavy atom. The van der Waals surface area contributed by atoms with Crippen LogP contribution in [-0.2, 0) is 0 Å². The van der Waals surface area contributed by atoms with Crippen molar-refractivity contribution in [2.75, 3.05) is 0 Å². The molecule has 0 amide bonds. The van der Waals surface area contributed by atoms with Crippen LogP contribution in [0.2, 0.25) is 0 Å². The van der Waals surface area contributed by atoms with Crippen LogP contribution >= 0.6 is 27.5 Å². The van der Waals surface area contributed by atoms with Crippen LogP contribution in [0, 0.1) is 0 Å². The van der Waals surface area contributed by atoms with E-state index >= 15 is 0 Å². The van der Waals surface area contributed by atoms with E-state index in [2.05, 4.69) is 15.9 Å². The molecule has 0 heterocycles. The Hall–Kier alpha value is 0.510. The molecule has 0 aliphatic carbocycles. The van der Waals surface area contributed by atoms with Gasteiger partial charge in [-0.3, -0.25) is 0 Å². The normalized spacial score (nSPS) is 12.2. The lowest BCUT2D eigenvalue weighted by molar-refractivity contribution is 1.23. The molecule has 6 heavy (non-hydrogen) atoms. The van der Waals surface area contributed by atoms with E-state index in [-0.39, 0.29) is 0 Å². The third-order valence-electron chi connectivity index (χ3n) is 0.358. The first kappa shape index (κ1) is 6.51. The number of allylic oxidation sites excluding steroid dienone is 1. The molecule has 0 aromatic heterocycles. The largest absolute Gasteiger partial charge is 0.0794 e. The van der Waals surface area contributed by atoms with Gasteiger partial charge in [0, 0.05) is 0 Å². The molecule has 2 heteroatoms. The summed E-state index contributed by atoms with van der Waals surface area (Å²) in [7, 11) is 0. The molecule has 0 aromatic rings. The lowest BCUT2D eigenvalue weighted by atomic mass is 10.5. The van der Waals surface area contributed by atoms with Crippen molar-refractivity contribution in [2.24, 2.45) is 0 Å². The van der Waals surface area contributed by atoms with Crippen molar-refractivity contribution in [1.82, 2.24) is 0 Å². The summed E-state index contributed by atoms with van der Waals surface area (Å²) in [4.78, 5) is 0. The molecule has 0 aromatic carbocycles. The van der Waals surface area contributed by atoms with Crippen molar-refractivity contribution < 1.29 is 0 Å². The maximum absolute atomic E-state index is 5.36. The average molecular weight is 169 g/mol. The predicted octanol–water partition coefficient (Wildman–Crippen LogP) is 2.87. The first-order chi connectivity index (χ1) is 2.77. The molecule has 0 radical (unpaired) electrons. The van der Waals surface area contributed by atoms with Gasteiger partial charge in [0.15, 0.2) is 0 Å². The van der Waals surface area contributed by atoms with Crippen LogP contribution < -0.4 is 0 Å². The highest BCUT2D eigenvalue weighted by Gasteiger charge is 1.73. The van der Waals surface area contributed by atoms with Gasteiger partial charge in [-0.05, 0) is 22.4 Å². The minimum atomic E-state index is 0.699. The Morgan fingerprint density at radius 3 is 2.50 bits per heavy atom. The molecule has 0 rings (SSSR count). The Kier molecular flexibility index (Phi) is 4.01. The summed E-state index contributed by atoms with van der Waals surface area (Å²) >= 11 is 8.42. The fraction of sp³-hybridized carbons (Fsp3) is 0.500. The molecule has 0 bridgehead atoms. The summed E-state index contributed by atoms with van der Waals surface area (Å²) in [6.45, 7) is 2.03. The van der Waals surface area contributed by atoms with Crippen LogP contribution in [0.4, 0.5) is 0 Å². The highest BCUT2D eigenvalue weighted by atomic mass is 79.9. The molecule has 0 saturated heterocycles. The number of rotatable bonds is 1. The van der Waals surface area contributed by atoms with Crippen LogP contribution in [-0.4, -0.2) is 0 Å². The molecule has 0 aliphatic heterocycles. The van der Waals surface area contributed by atoms with Crippen molar-refractivity contribution in [2.45, 2.75) is 13.3 Å². The summed E-state index contributed by atoms with van der Waals surface area (Å²) in [5.74, 6) is 0.